The number of amides is 1. The van der Waals surface area contributed by atoms with E-state index in [-0.39, 0.29) is 11.7 Å². The third-order valence-corrected chi connectivity index (χ3v) is 2.98. The van der Waals surface area contributed by atoms with Crippen LogP contribution in [0.2, 0.25) is 5.02 Å². The molecule has 0 spiro atoms. The first-order valence-electron chi connectivity index (χ1n) is 6.13. The first-order valence-corrected chi connectivity index (χ1v) is 6.51. The van der Waals surface area contributed by atoms with Crippen LogP contribution in [0.15, 0.2) is 48.5 Å². The van der Waals surface area contributed by atoms with E-state index in [9.17, 15) is 9.18 Å². The van der Waals surface area contributed by atoms with Gasteiger partial charge in [-0.2, -0.15) is 0 Å². The summed E-state index contributed by atoms with van der Waals surface area (Å²) in [5.41, 5.74) is 1.36. The fourth-order valence-electron chi connectivity index (χ4n) is 1.65. The van der Waals surface area contributed by atoms with Gasteiger partial charge in [0.2, 0.25) is 5.91 Å². The van der Waals surface area contributed by atoms with E-state index in [4.69, 9.17) is 11.6 Å². The van der Waals surface area contributed by atoms with Crippen LogP contribution in [0.4, 0.5) is 15.8 Å². The van der Waals surface area contributed by atoms with Gasteiger partial charge in [-0.3, -0.25) is 4.79 Å². The molecular weight excluding hydrogens is 279 g/mol. The molecule has 1 amide bonds. The highest BCUT2D eigenvalue weighted by molar-refractivity contribution is 6.30. The summed E-state index contributed by atoms with van der Waals surface area (Å²) < 4.78 is 12.8. The summed E-state index contributed by atoms with van der Waals surface area (Å²) in [7, 11) is 0. The van der Waals surface area contributed by atoms with Crippen molar-refractivity contribution in [3.63, 3.8) is 0 Å². The third-order valence-electron chi connectivity index (χ3n) is 2.73. The Labute approximate surface area is 121 Å². The number of hydrogen-bond acceptors (Lipinski definition) is 2. The highest BCUT2D eigenvalue weighted by atomic mass is 35.5. The Morgan fingerprint density at radius 2 is 1.60 bits per heavy atom. The highest BCUT2D eigenvalue weighted by Crippen LogP contribution is 2.15. The number of halogens is 2. The van der Waals surface area contributed by atoms with Gasteiger partial charge in [-0.15, -0.1) is 0 Å². The van der Waals surface area contributed by atoms with E-state index >= 15 is 0 Å². The van der Waals surface area contributed by atoms with Crippen LogP contribution in [0, 0.1) is 5.82 Å². The molecule has 5 heteroatoms. The van der Waals surface area contributed by atoms with E-state index in [1.165, 1.54) is 24.3 Å². The molecule has 104 valence electrons. The molecule has 0 bridgehead atoms. The molecule has 0 aliphatic carbocycles. The molecule has 2 aromatic carbocycles. The Kier molecular flexibility index (Phi) is 4.58. The van der Waals surface area contributed by atoms with Gasteiger partial charge in [0, 0.05) is 16.4 Å². The lowest BCUT2D eigenvalue weighted by Crippen LogP contribution is -2.31. The van der Waals surface area contributed by atoms with Crippen LogP contribution < -0.4 is 10.6 Å². The second kappa shape index (κ2) is 6.39. The molecule has 0 aromatic heterocycles. The van der Waals surface area contributed by atoms with Crippen LogP contribution in [-0.4, -0.2) is 11.9 Å². The molecule has 2 rings (SSSR count). The van der Waals surface area contributed by atoms with Crippen LogP contribution in [0.1, 0.15) is 6.92 Å². The normalized spacial score (nSPS) is 11.8. The monoisotopic (exact) mass is 292 g/mol. The first-order chi connectivity index (χ1) is 9.54. The Hall–Kier alpha value is -2.07. The van der Waals surface area contributed by atoms with Crippen molar-refractivity contribution in [2.45, 2.75) is 13.0 Å². The van der Waals surface area contributed by atoms with Crippen molar-refractivity contribution >= 4 is 28.9 Å². The van der Waals surface area contributed by atoms with Gasteiger partial charge in [-0.25, -0.2) is 4.39 Å². The summed E-state index contributed by atoms with van der Waals surface area (Å²) in [6, 6.07) is 12.3. The number of anilines is 2. The maximum atomic E-state index is 12.8. The van der Waals surface area contributed by atoms with Gasteiger partial charge >= 0.3 is 0 Å². The summed E-state index contributed by atoms with van der Waals surface area (Å²) in [4.78, 5) is 12.0. The van der Waals surface area contributed by atoms with Gasteiger partial charge in [-0.05, 0) is 55.5 Å². The molecule has 0 aliphatic rings. The standard InChI is InChI=1S/C15H14ClFN2O/c1-10(18-13-6-2-11(16)3-7-13)15(20)19-14-8-4-12(17)5-9-14/h2-10,18H,1H3,(H,19,20)/t10-/m0/s1. The van der Waals surface area contributed by atoms with E-state index in [0.717, 1.165) is 5.69 Å². The number of hydrogen-bond donors (Lipinski definition) is 2. The molecule has 0 heterocycles. The minimum absolute atomic E-state index is 0.202. The predicted octanol–water partition coefficient (Wildman–Crippen LogP) is 3.92. The fourth-order valence-corrected chi connectivity index (χ4v) is 1.77. The Balaban J connectivity index is 1.94. The third kappa shape index (κ3) is 3.96. The van der Waals surface area contributed by atoms with E-state index in [1.54, 1.807) is 31.2 Å². The Morgan fingerprint density at radius 1 is 1.05 bits per heavy atom. The lowest BCUT2D eigenvalue weighted by molar-refractivity contribution is -0.116. The highest BCUT2D eigenvalue weighted by Gasteiger charge is 2.12. The molecule has 3 nitrogen and oxygen atoms in total. The van der Waals surface area contributed by atoms with Crippen molar-refractivity contribution in [3.05, 3.63) is 59.4 Å². The number of benzene rings is 2. The average Bonchev–Trinajstić information content (AvgIpc) is 2.44. The zero-order valence-corrected chi connectivity index (χ0v) is 11.6. The minimum atomic E-state index is -0.429. The molecule has 0 radical (unpaired) electrons. The van der Waals surface area contributed by atoms with Gasteiger partial charge in [0.15, 0.2) is 0 Å². The summed E-state index contributed by atoms with van der Waals surface area (Å²) in [6.45, 7) is 1.74. The maximum absolute atomic E-state index is 12.8. The van der Waals surface area contributed by atoms with Crippen molar-refractivity contribution < 1.29 is 9.18 Å². The lowest BCUT2D eigenvalue weighted by Gasteiger charge is -2.15. The van der Waals surface area contributed by atoms with Crippen molar-refractivity contribution in [3.8, 4) is 0 Å². The van der Waals surface area contributed by atoms with Gasteiger partial charge in [0.05, 0.1) is 0 Å². The summed E-state index contributed by atoms with van der Waals surface area (Å²) in [5, 5.41) is 6.40. The number of carbonyl (C=O) groups is 1. The van der Waals surface area contributed by atoms with Gasteiger partial charge in [-0.1, -0.05) is 11.6 Å². The van der Waals surface area contributed by atoms with E-state index in [2.05, 4.69) is 10.6 Å². The average molecular weight is 293 g/mol. The van der Waals surface area contributed by atoms with Crippen LogP contribution >= 0.6 is 11.6 Å². The second-order valence-electron chi connectivity index (χ2n) is 4.37. The summed E-state index contributed by atoms with van der Waals surface area (Å²) >= 11 is 5.79. The Bertz CT molecular complexity index is 584. The van der Waals surface area contributed by atoms with Crippen LogP contribution in [0.5, 0.6) is 0 Å². The number of rotatable bonds is 4. The van der Waals surface area contributed by atoms with Crippen LogP contribution in [-0.2, 0) is 4.79 Å². The Morgan fingerprint density at radius 3 is 2.20 bits per heavy atom. The molecule has 2 N–H and O–H groups in total. The van der Waals surface area contributed by atoms with Crippen LogP contribution in [0.3, 0.4) is 0 Å². The zero-order chi connectivity index (χ0) is 14.5. The van der Waals surface area contributed by atoms with E-state index in [1.807, 2.05) is 0 Å². The minimum Gasteiger partial charge on any atom is -0.374 e. The topological polar surface area (TPSA) is 41.1 Å². The molecule has 0 saturated carbocycles. The number of carbonyl (C=O) groups excluding carboxylic acids is 1. The van der Waals surface area contributed by atoms with Crippen LogP contribution in [0.25, 0.3) is 0 Å². The van der Waals surface area contributed by atoms with Gasteiger partial charge in [0.25, 0.3) is 0 Å². The van der Waals surface area contributed by atoms with Crippen molar-refractivity contribution in [1.82, 2.24) is 0 Å². The largest absolute Gasteiger partial charge is 0.374 e. The fraction of sp³-hybridized carbons (Fsp3) is 0.133. The van der Waals surface area contributed by atoms with E-state index < -0.39 is 6.04 Å². The van der Waals surface area contributed by atoms with Crippen molar-refractivity contribution in [2.75, 3.05) is 10.6 Å². The molecule has 2 aromatic rings. The number of nitrogens with one attached hydrogen (secondary N) is 2. The van der Waals surface area contributed by atoms with Gasteiger partial charge in [0.1, 0.15) is 11.9 Å². The second-order valence-corrected chi connectivity index (χ2v) is 4.81. The summed E-state index contributed by atoms with van der Waals surface area (Å²) in [5.74, 6) is -0.540. The zero-order valence-electron chi connectivity index (χ0n) is 10.9. The smallest absolute Gasteiger partial charge is 0.246 e. The van der Waals surface area contributed by atoms with Crippen molar-refractivity contribution in [2.24, 2.45) is 0 Å². The molecule has 1 atom stereocenters. The lowest BCUT2D eigenvalue weighted by atomic mass is 10.2. The van der Waals surface area contributed by atoms with Gasteiger partial charge < -0.3 is 10.6 Å². The molecule has 20 heavy (non-hydrogen) atoms. The summed E-state index contributed by atoms with van der Waals surface area (Å²) in [6.07, 6.45) is 0. The SMILES string of the molecule is C[C@H](Nc1ccc(Cl)cc1)C(=O)Nc1ccc(F)cc1. The quantitative estimate of drug-likeness (QED) is 0.897. The molecule has 0 unspecified atom stereocenters. The molecule has 0 saturated heterocycles. The van der Waals surface area contributed by atoms with E-state index in [0.29, 0.717) is 10.7 Å². The van der Waals surface area contributed by atoms with Crippen molar-refractivity contribution in [1.29, 1.82) is 0 Å². The predicted molar refractivity (Wildman–Crippen MR) is 79.6 cm³/mol. The molecular formula is C15H14ClFN2O. The molecule has 0 fully saturated rings. The first kappa shape index (κ1) is 14.3. The maximum Gasteiger partial charge on any atom is 0.246 e. The molecule has 0 aliphatic heterocycles.